The maximum absolute atomic E-state index is 13.4. The van der Waals surface area contributed by atoms with Crippen LogP contribution in [0.5, 0.6) is 5.75 Å². The number of benzene rings is 2. The van der Waals surface area contributed by atoms with E-state index in [1.165, 1.54) is 18.4 Å². The summed E-state index contributed by atoms with van der Waals surface area (Å²) in [6, 6.07) is 13.7. The van der Waals surface area contributed by atoms with Gasteiger partial charge in [-0.1, -0.05) is 47.7 Å². The van der Waals surface area contributed by atoms with Crippen molar-refractivity contribution < 1.29 is 14.6 Å². The van der Waals surface area contributed by atoms with Gasteiger partial charge in [-0.3, -0.25) is 9.36 Å². The maximum Gasteiger partial charge on any atom is 0.338 e. The molecule has 1 aromatic heterocycles. The number of carbonyl (C=O) groups excluding carboxylic acids is 1. The second-order valence-electron chi connectivity index (χ2n) is 6.69. The fourth-order valence-corrected chi connectivity index (χ4v) is 4.85. The molecule has 1 aliphatic rings. The molecule has 0 saturated carbocycles. The van der Waals surface area contributed by atoms with Gasteiger partial charge in [-0.15, -0.1) is 0 Å². The molecule has 0 aliphatic carbocycles. The predicted octanol–water partition coefficient (Wildman–Crippen LogP) is 2.88. The van der Waals surface area contributed by atoms with Gasteiger partial charge in [-0.25, -0.2) is 9.79 Å². The Morgan fingerprint density at radius 2 is 2.00 bits per heavy atom. The molecule has 3 aromatic rings. The van der Waals surface area contributed by atoms with E-state index in [0.717, 1.165) is 11.1 Å². The highest BCUT2D eigenvalue weighted by molar-refractivity contribution is 9.10. The number of phenolic OH excluding ortho intramolecular Hbond substituents is 1. The highest BCUT2D eigenvalue weighted by Gasteiger charge is 2.32. The van der Waals surface area contributed by atoms with Crippen LogP contribution < -0.4 is 14.9 Å². The lowest BCUT2D eigenvalue weighted by Gasteiger charge is -2.24. The molecule has 1 aliphatic heterocycles. The first kappa shape index (κ1) is 20.3. The third kappa shape index (κ3) is 3.53. The molecule has 4 rings (SSSR count). The van der Waals surface area contributed by atoms with E-state index in [1.807, 2.05) is 30.3 Å². The number of phenols is 1. The molecule has 1 unspecified atom stereocenters. The first-order valence-electron chi connectivity index (χ1n) is 9.05. The molecule has 1 N–H and O–H groups in total. The molecular weight excluding hydrogens is 468 g/mol. The van der Waals surface area contributed by atoms with Gasteiger partial charge in [0, 0.05) is 0 Å². The molecule has 0 spiro atoms. The van der Waals surface area contributed by atoms with Crippen LogP contribution in [0.2, 0.25) is 0 Å². The molecule has 1 atom stereocenters. The summed E-state index contributed by atoms with van der Waals surface area (Å²) in [7, 11) is 1.32. The van der Waals surface area contributed by atoms with E-state index in [4.69, 9.17) is 4.74 Å². The van der Waals surface area contributed by atoms with E-state index in [2.05, 4.69) is 20.9 Å². The molecule has 0 bridgehead atoms. The van der Waals surface area contributed by atoms with Gasteiger partial charge in [0.1, 0.15) is 5.75 Å². The van der Waals surface area contributed by atoms with Crippen molar-refractivity contribution in [3.05, 3.63) is 95.1 Å². The Labute approximate surface area is 184 Å². The summed E-state index contributed by atoms with van der Waals surface area (Å²) in [6.07, 6.45) is 1.74. The van der Waals surface area contributed by atoms with Gasteiger partial charge in [0.05, 0.1) is 33.4 Å². The molecule has 0 amide bonds. The number of nitrogens with zero attached hydrogens (tertiary/aromatic N) is 2. The first-order chi connectivity index (χ1) is 14.4. The van der Waals surface area contributed by atoms with Crippen LogP contribution in [-0.2, 0) is 9.53 Å². The number of aromatic nitrogens is 1. The molecule has 2 heterocycles. The van der Waals surface area contributed by atoms with Crippen LogP contribution in [0, 0.1) is 0 Å². The van der Waals surface area contributed by atoms with Crippen molar-refractivity contribution in [3.63, 3.8) is 0 Å². The Kier molecular flexibility index (Phi) is 5.44. The van der Waals surface area contributed by atoms with E-state index in [9.17, 15) is 14.7 Å². The number of halogens is 1. The molecule has 0 radical (unpaired) electrons. The number of hydrogen-bond acceptors (Lipinski definition) is 6. The summed E-state index contributed by atoms with van der Waals surface area (Å²) in [5.41, 5.74) is 2.17. The van der Waals surface area contributed by atoms with Crippen LogP contribution in [0.15, 0.2) is 74.1 Å². The largest absolute Gasteiger partial charge is 0.507 e. The van der Waals surface area contributed by atoms with Gasteiger partial charge >= 0.3 is 5.97 Å². The van der Waals surface area contributed by atoms with Crippen molar-refractivity contribution >= 4 is 39.3 Å². The lowest BCUT2D eigenvalue weighted by Crippen LogP contribution is -2.39. The number of carbonyl (C=O) groups is 1. The van der Waals surface area contributed by atoms with E-state index in [-0.39, 0.29) is 11.3 Å². The third-order valence-electron chi connectivity index (χ3n) is 4.81. The predicted molar refractivity (Wildman–Crippen MR) is 118 cm³/mol. The zero-order chi connectivity index (χ0) is 21.4. The first-order valence-corrected chi connectivity index (χ1v) is 10.7. The number of methoxy groups -OCH3 is 1. The van der Waals surface area contributed by atoms with Crippen LogP contribution in [0.4, 0.5) is 0 Å². The summed E-state index contributed by atoms with van der Waals surface area (Å²) < 4.78 is 7.55. The summed E-state index contributed by atoms with van der Waals surface area (Å²) in [6.45, 7) is 1.75. The summed E-state index contributed by atoms with van der Waals surface area (Å²) in [4.78, 5) is 31.0. The summed E-state index contributed by atoms with van der Waals surface area (Å²) in [5.74, 6) is -0.391. The standard InChI is InChI=1S/C22H17BrN2O4S/c1-12-18(21(28)29-2)19(14-6-4-3-5-7-14)25-20(27)17(30-22(25)24-12)11-13-8-9-16(26)15(23)10-13/h3-11,19,26H,1-2H3. The van der Waals surface area contributed by atoms with Crippen molar-refractivity contribution in [1.29, 1.82) is 0 Å². The maximum atomic E-state index is 13.4. The summed E-state index contributed by atoms with van der Waals surface area (Å²) in [5, 5.41) is 9.70. The number of hydrogen-bond donors (Lipinski definition) is 1. The fraction of sp³-hybridized carbons (Fsp3) is 0.136. The van der Waals surface area contributed by atoms with Gasteiger partial charge < -0.3 is 9.84 Å². The average molecular weight is 485 g/mol. The Balaban J connectivity index is 1.97. The van der Waals surface area contributed by atoms with Gasteiger partial charge in [0.15, 0.2) is 4.80 Å². The zero-order valence-electron chi connectivity index (χ0n) is 16.1. The van der Waals surface area contributed by atoms with Crippen molar-refractivity contribution in [2.75, 3.05) is 7.11 Å². The number of fused-ring (bicyclic) bond motifs is 1. The molecule has 8 heteroatoms. The van der Waals surface area contributed by atoms with Crippen LogP contribution >= 0.6 is 27.3 Å². The number of esters is 1. The number of rotatable bonds is 3. The van der Waals surface area contributed by atoms with E-state index in [0.29, 0.717) is 25.1 Å². The SMILES string of the molecule is COC(=O)C1=C(C)N=c2sc(=Cc3ccc(O)c(Br)c3)c(=O)n2C1c1ccccc1. The monoisotopic (exact) mass is 484 g/mol. The van der Waals surface area contributed by atoms with Crippen LogP contribution in [-0.4, -0.2) is 22.8 Å². The lowest BCUT2D eigenvalue weighted by atomic mass is 9.96. The minimum atomic E-state index is -0.622. The molecule has 6 nitrogen and oxygen atoms in total. The van der Waals surface area contributed by atoms with Crippen LogP contribution in [0.1, 0.15) is 24.1 Å². The minimum absolute atomic E-state index is 0.121. The van der Waals surface area contributed by atoms with Crippen LogP contribution in [0.3, 0.4) is 0 Å². The summed E-state index contributed by atoms with van der Waals surface area (Å²) >= 11 is 4.54. The second kappa shape index (κ2) is 8.04. The van der Waals surface area contributed by atoms with Gasteiger partial charge in [0.2, 0.25) is 0 Å². The minimum Gasteiger partial charge on any atom is -0.507 e. The Morgan fingerprint density at radius 3 is 2.67 bits per heavy atom. The molecule has 30 heavy (non-hydrogen) atoms. The van der Waals surface area contributed by atoms with Crippen LogP contribution in [0.25, 0.3) is 6.08 Å². The smallest absolute Gasteiger partial charge is 0.338 e. The van der Waals surface area contributed by atoms with E-state index < -0.39 is 12.0 Å². The quantitative estimate of drug-likeness (QED) is 0.579. The van der Waals surface area contributed by atoms with Crippen molar-refractivity contribution in [1.82, 2.24) is 4.57 Å². The Hall–Kier alpha value is -2.97. The van der Waals surface area contributed by atoms with E-state index >= 15 is 0 Å². The average Bonchev–Trinajstić information content (AvgIpc) is 3.04. The zero-order valence-corrected chi connectivity index (χ0v) is 18.5. The Morgan fingerprint density at radius 1 is 1.27 bits per heavy atom. The second-order valence-corrected chi connectivity index (χ2v) is 8.56. The molecule has 2 aromatic carbocycles. The normalized spacial score (nSPS) is 16.2. The van der Waals surface area contributed by atoms with Gasteiger partial charge in [-0.05, 0) is 52.2 Å². The Bertz CT molecular complexity index is 1360. The highest BCUT2D eigenvalue weighted by atomic mass is 79.9. The molecule has 0 saturated heterocycles. The topological polar surface area (TPSA) is 80.9 Å². The number of ether oxygens (including phenoxy) is 1. The van der Waals surface area contributed by atoms with E-state index in [1.54, 1.807) is 35.8 Å². The fourth-order valence-electron chi connectivity index (χ4n) is 3.41. The van der Waals surface area contributed by atoms with Crippen molar-refractivity contribution in [2.45, 2.75) is 13.0 Å². The number of thiazole rings is 1. The van der Waals surface area contributed by atoms with Crippen molar-refractivity contribution in [2.24, 2.45) is 4.99 Å². The highest BCUT2D eigenvalue weighted by Crippen LogP contribution is 2.30. The third-order valence-corrected chi connectivity index (χ3v) is 6.43. The molecular formula is C22H17BrN2O4S. The molecule has 0 fully saturated rings. The lowest BCUT2D eigenvalue weighted by molar-refractivity contribution is -0.136. The number of allylic oxidation sites excluding steroid dienone is 1. The number of aromatic hydroxyl groups is 1. The van der Waals surface area contributed by atoms with Gasteiger partial charge in [0.25, 0.3) is 5.56 Å². The molecule has 152 valence electrons. The van der Waals surface area contributed by atoms with Gasteiger partial charge in [-0.2, -0.15) is 0 Å². The van der Waals surface area contributed by atoms with Crippen molar-refractivity contribution in [3.8, 4) is 5.75 Å².